The van der Waals surface area contributed by atoms with Crippen LogP contribution in [0.1, 0.15) is 27.0 Å². The minimum atomic E-state index is -1.09. The van der Waals surface area contributed by atoms with Gasteiger partial charge in [0.25, 0.3) is 5.91 Å². The summed E-state index contributed by atoms with van der Waals surface area (Å²) in [6.07, 6.45) is 1.69. The highest BCUT2D eigenvalue weighted by atomic mass is 79.9. The summed E-state index contributed by atoms with van der Waals surface area (Å²) in [6, 6.07) is 18.8. The maximum atomic E-state index is 13.1. The molecular weight excluding hydrogens is 564 g/mol. The number of aromatic carboxylic acids is 1. The van der Waals surface area contributed by atoms with Gasteiger partial charge in [0.1, 0.15) is 6.61 Å². The van der Waals surface area contributed by atoms with Crippen LogP contribution in [-0.4, -0.2) is 28.4 Å². The molecular formula is C26H17BrN2O5S2. The molecule has 0 aromatic heterocycles. The molecule has 1 N–H and O–H groups in total. The van der Waals surface area contributed by atoms with E-state index in [9.17, 15) is 14.7 Å². The molecule has 0 radical (unpaired) electrons. The molecule has 180 valence electrons. The van der Waals surface area contributed by atoms with E-state index in [0.29, 0.717) is 42.0 Å². The summed E-state index contributed by atoms with van der Waals surface area (Å²) in [7, 11) is 1.52. The molecule has 1 saturated heterocycles. The number of thiocarbonyl (C=S) groups is 1. The van der Waals surface area contributed by atoms with Gasteiger partial charge in [-0.3, -0.25) is 9.69 Å². The lowest BCUT2D eigenvalue weighted by Gasteiger charge is -2.15. The van der Waals surface area contributed by atoms with Crippen molar-refractivity contribution in [1.82, 2.24) is 0 Å². The molecule has 36 heavy (non-hydrogen) atoms. The SMILES string of the molecule is COc1cc(/C=C2/SC(=S)N(c3cccc(C(=O)O)c3)C2=O)cc(Br)c1OCc1ccc(C#N)cc1. The number of amides is 1. The van der Waals surface area contributed by atoms with Gasteiger partial charge in [-0.05, 0) is 75.6 Å². The molecule has 3 aromatic carbocycles. The van der Waals surface area contributed by atoms with Crippen LogP contribution in [0.3, 0.4) is 0 Å². The van der Waals surface area contributed by atoms with Gasteiger partial charge in [-0.2, -0.15) is 5.26 Å². The Morgan fingerprint density at radius 1 is 1.22 bits per heavy atom. The van der Waals surface area contributed by atoms with Crippen LogP contribution in [0.25, 0.3) is 6.08 Å². The van der Waals surface area contributed by atoms with Gasteiger partial charge in [0.05, 0.1) is 39.4 Å². The number of ether oxygens (including phenoxy) is 2. The maximum Gasteiger partial charge on any atom is 0.335 e. The monoisotopic (exact) mass is 580 g/mol. The van der Waals surface area contributed by atoms with Gasteiger partial charge in [-0.25, -0.2) is 4.79 Å². The molecule has 0 unspecified atom stereocenters. The van der Waals surface area contributed by atoms with E-state index in [1.165, 1.54) is 24.1 Å². The highest BCUT2D eigenvalue weighted by Crippen LogP contribution is 2.40. The highest BCUT2D eigenvalue weighted by Gasteiger charge is 2.33. The largest absolute Gasteiger partial charge is 0.493 e. The van der Waals surface area contributed by atoms with E-state index in [2.05, 4.69) is 22.0 Å². The Morgan fingerprint density at radius 3 is 2.64 bits per heavy atom. The van der Waals surface area contributed by atoms with E-state index in [4.69, 9.17) is 27.0 Å². The number of nitriles is 1. The van der Waals surface area contributed by atoms with Gasteiger partial charge < -0.3 is 14.6 Å². The highest BCUT2D eigenvalue weighted by molar-refractivity contribution is 9.10. The molecule has 7 nitrogen and oxygen atoms in total. The molecule has 0 aliphatic carbocycles. The lowest BCUT2D eigenvalue weighted by atomic mass is 10.1. The van der Waals surface area contributed by atoms with Gasteiger partial charge >= 0.3 is 5.97 Å². The summed E-state index contributed by atoms with van der Waals surface area (Å²) in [6.45, 7) is 0.272. The number of carboxylic acid groups (broad SMARTS) is 1. The zero-order valence-corrected chi connectivity index (χ0v) is 21.9. The number of hydrogen-bond acceptors (Lipinski definition) is 7. The molecule has 3 aromatic rings. The average Bonchev–Trinajstić information content (AvgIpc) is 3.15. The standard InChI is InChI=1S/C26H17BrN2O5S2/c1-33-21-10-17(9-20(27)23(21)34-14-16-7-5-15(13-28)6-8-16)11-22-24(30)29(26(35)36-22)19-4-2-3-18(12-19)25(31)32/h2-12H,14H2,1H3,(H,31,32)/b22-11+. The summed E-state index contributed by atoms with van der Waals surface area (Å²) >= 11 is 10.1. The van der Waals surface area contributed by atoms with Crippen LogP contribution >= 0.6 is 39.9 Å². The first-order chi connectivity index (χ1) is 17.3. The van der Waals surface area contributed by atoms with E-state index in [0.717, 1.165) is 17.3 Å². The van der Waals surface area contributed by atoms with Crippen LogP contribution < -0.4 is 14.4 Å². The van der Waals surface area contributed by atoms with E-state index >= 15 is 0 Å². The number of carbonyl (C=O) groups excluding carboxylic acids is 1. The number of carbonyl (C=O) groups is 2. The minimum Gasteiger partial charge on any atom is -0.493 e. The topological polar surface area (TPSA) is 99.9 Å². The third-order valence-electron chi connectivity index (χ3n) is 5.16. The van der Waals surface area contributed by atoms with Gasteiger partial charge in [-0.15, -0.1) is 0 Å². The van der Waals surface area contributed by atoms with Crippen molar-refractivity contribution in [1.29, 1.82) is 5.26 Å². The predicted octanol–water partition coefficient (Wildman–Crippen LogP) is 6.01. The van der Waals surface area contributed by atoms with Crippen molar-refractivity contribution in [3.05, 3.63) is 92.3 Å². The third-order valence-corrected chi connectivity index (χ3v) is 7.05. The van der Waals surface area contributed by atoms with E-state index in [-0.39, 0.29) is 18.1 Å². The average molecular weight is 581 g/mol. The Kier molecular flexibility index (Phi) is 7.74. The number of hydrogen-bond donors (Lipinski definition) is 1. The molecule has 10 heteroatoms. The molecule has 1 fully saturated rings. The number of anilines is 1. The number of thioether (sulfide) groups is 1. The minimum absolute atomic E-state index is 0.0655. The summed E-state index contributed by atoms with van der Waals surface area (Å²) in [5.74, 6) is -0.467. The lowest BCUT2D eigenvalue weighted by molar-refractivity contribution is -0.113. The Labute approximate surface area is 225 Å². The number of nitrogens with zero attached hydrogens (tertiary/aromatic N) is 2. The van der Waals surface area contributed by atoms with Crippen LogP contribution in [0.4, 0.5) is 5.69 Å². The quantitative estimate of drug-likeness (QED) is 0.268. The zero-order chi connectivity index (χ0) is 25.8. The summed E-state index contributed by atoms with van der Waals surface area (Å²) < 4.78 is 12.4. The first kappa shape index (κ1) is 25.4. The Morgan fingerprint density at radius 2 is 1.97 bits per heavy atom. The zero-order valence-electron chi connectivity index (χ0n) is 18.7. The van der Waals surface area contributed by atoms with Crippen molar-refractivity contribution in [3.63, 3.8) is 0 Å². The number of methoxy groups -OCH3 is 1. The number of halogens is 1. The van der Waals surface area contributed by atoms with Crippen LogP contribution in [0.15, 0.2) is 70.0 Å². The molecule has 0 saturated carbocycles. The fourth-order valence-electron chi connectivity index (χ4n) is 3.41. The van der Waals surface area contributed by atoms with Crippen LogP contribution in [0.2, 0.25) is 0 Å². The van der Waals surface area contributed by atoms with Crippen molar-refractivity contribution < 1.29 is 24.2 Å². The lowest BCUT2D eigenvalue weighted by Crippen LogP contribution is -2.27. The Hall–Kier alpha value is -3.65. The van der Waals surface area contributed by atoms with Gasteiger partial charge in [0.15, 0.2) is 15.8 Å². The van der Waals surface area contributed by atoms with Crippen molar-refractivity contribution in [2.24, 2.45) is 0 Å². The molecule has 0 spiro atoms. The summed E-state index contributed by atoms with van der Waals surface area (Å²) in [4.78, 5) is 26.2. The second-order valence-corrected chi connectivity index (χ2v) is 10.0. The van der Waals surface area contributed by atoms with Crippen molar-refractivity contribution in [2.75, 3.05) is 12.0 Å². The van der Waals surface area contributed by atoms with Crippen molar-refractivity contribution in [3.8, 4) is 17.6 Å². The normalized spacial score (nSPS) is 14.1. The second-order valence-electron chi connectivity index (χ2n) is 7.50. The molecule has 1 heterocycles. The van der Waals surface area contributed by atoms with Crippen molar-refractivity contribution >= 4 is 67.9 Å². The second kappa shape index (κ2) is 11.0. The van der Waals surface area contributed by atoms with E-state index in [1.807, 2.05) is 12.1 Å². The molecule has 0 bridgehead atoms. The number of rotatable bonds is 7. The molecule has 0 atom stereocenters. The summed E-state index contributed by atoms with van der Waals surface area (Å²) in [5.41, 5.74) is 2.61. The molecule has 1 aliphatic rings. The number of benzene rings is 3. The predicted molar refractivity (Wildman–Crippen MR) is 145 cm³/mol. The number of carboxylic acids is 1. The third kappa shape index (κ3) is 5.44. The first-order valence-corrected chi connectivity index (χ1v) is 12.4. The fourth-order valence-corrected chi connectivity index (χ4v) is 5.29. The van der Waals surface area contributed by atoms with Crippen molar-refractivity contribution in [2.45, 2.75) is 6.61 Å². The first-order valence-electron chi connectivity index (χ1n) is 10.4. The van der Waals surface area contributed by atoms with Crippen LogP contribution in [0, 0.1) is 11.3 Å². The van der Waals surface area contributed by atoms with Gasteiger partial charge in [0, 0.05) is 0 Å². The molecule has 1 aliphatic heterocycles. The van der Waals surface area contributed by atoms with Gasteiger partial charge in [-0.1, -0.05) is 42.2 Å². The van der Waals surface area contributed by atoms with Crippen LogP contribution in [-0.2, 0) is 11.4 Å². The van der Waals surface area contributed by atoms with E-state index < -0.39 is 5.97 Å². The Balaban J connectivity index is 1.57. The smallest absolute Gasteiger partial charge is 0.335 e. The summed E-state index contributed by atoms with van der Waals surface area (Å²) in [5, 5.41) is 18.2. The Bertz CT molecular complexity index is 1450. The fraction of sp³-hybridized carbons (Fsp3) is 0.0769. The molecule has 4 rings (SSSR count). The van der Waals surface area contributed by atoms with Crippen LogP contribution in [0.5, 0.6) is 11.5 Å². The molecule has 1 amide bonds. The van der Waals surface area contributed by atoms with Gasteiger partial charge in [0.2, 0.25) is 0 Å². The maximum absolute atomic E-state index is 13.1. The van der Waals surface area contributed by atoms with E-state index in [1.54, 1.807) is 42.5 Å².